The fourth-order valence-electron chi connectivity index (χ4n) is 3.11. The third-order valence-electron chi connectivity index (χ3n) is 4.29. The largest absolute Gasteiger partial charge is 0.377 e. The summed E-state index contributed by atoms with van der Waals surface area (Å²) in [5, 5.41) is 3.14. The van der Waals surface area contributed by atoms with Crippen LogP contribution in [0.3, 0.4) is 0 Å². The lowest BCUT2D eigenvalue weighted by atomic mass is 9.77. The highest BCUT2D eigenvalue weighted by Gasteiger charge is 2.28. The quantitative estimate of drug-likeness (QED) is 0.821. The first-order chi connectivity index (χ1) is 9.00. The standard InChI is InChI=1S/C16H23F2N/c1-10(2)12-6-4-5-7-14(12)19-16-13(17)9-8-11(3)15(16)18/h8-10,12,14,19H,4-7H2,1-3H3. The molecule has 2 atom stereocenters. The minimum atomic E-state index is -0.490. The summed E-state index contributed by atoms with van der Waals surface area (Å²) < 4.78 is 27.9. The molecule has 1 fully saturated rings. The van der Waals surface area contributed by atoms with Crippen LogP contribution >= 0.6 is 0 Å². The predicted molar refractivity (Wildman–Crippen MR) is 75.3 cm³/mol. The summed E-state index contributed by atoms with van der Waals surface area (Å²) >= 11 is 0. The highest BCUT2D eigenvalue weighted by atomic mass is 19.1. The first-order valence-electron chi connectivity index (χ1n) is 7.22. The molecule has 0 bridgehead atoms. The molecule has 106 valence electrons. The molecule has 0 radical (unpaired) electrons. The summed E-state index contributed by atoms with van der Waals surface area (Å²) in [6.45, 7) is 6.04. The van der Waals surface area contributed by atoms with E-state index in [1.807, 2.05) is 0 Å². The predicted octanol–water partition coefficient (Wildman–Crippen LogP) is 4.90. The van der Waals surface area contributed by atoms with Crippen LogP contribution in [0.2, 0.25) is 0 Å². The summed E-state index contributed by atoms with van der Waals surface area (Å²) in [5.41, 5.74) is 0.540. The number of halogens is 2. The Morgan fingerprint density at radius 3 is 2.53 bits per heavy atom. The first-order valence-corrected chi connectivity index (χ1v) is 7.22. The van der Waals surface area contributed by atoms with Gasteiger partial charge in [0.05, 0.1) is 0 Å². The van der Waals surface area contributed by atoms with Gasteiger partial charge in [-0.25, -0.2) is 8.78 Å². The second-order valence-corrected chi connectivity index (χ2v) is 6.00. The summed E-state index contributed by atoms with van der Waals surface area (Å²) in [7, 11) is 0. The Morgan fingerprint density at radius 2 is 1.84 bits per heavy atom. The van der Waals surface area contributed by atoms with Crippen LogP contribution in [-0.2, 0) is 0 Å². The number of nitrogens with one attached hydrogen (secondary N) is 1. The highest BCUT2D eigenvalue weighted by molar-refractivity contribution is 5.49. The van der Waals surface area contributed by atoms with Crippen LogP contribution < -0.4 is 5.32 Å². The van der Waals surface area contributed by atoms with Crippen LogP contribution in [0.5, 0.6) is 0 Å². The van der Waals surface area contributed by atoms with Crippen molar-refractivity contribution in [2.45, 2.75) is 52.5 Å². The average Bonchev–Trinajstić information content (AvgIpc) is 2.39. The van der Waals surface area contributed by atoms with Crippen LogP contribution in [0.4, 0.5) is 14.5 Å². The van der Waals surface area contributed by atoms with Gasteiger partial charge >= 0.3 is 0 Å². The van der Waals surface area contributed by atoms with Crippen molar-refractivity contribution >= 4 is 5.69 Å². The molecule has 0 saturated heterocycles. The van der Waals surface area contributed by atoms with E-state index in [9.17, 15) is 8.78 Å². The van der Waals surface area contributed by atoms with Gasteiger partial charge in [-0.1, -0.05) is 32.8 Å². The second kappa shape index (κ2) is 5.89. The van der Waals surface area contributed by atoms with E-state index in [4.69, 9.17) is 0 Å². The summed E-state index contributed by atoms with van der Waals surface area (Å²) in [6.07, 6.45) is 4.50. The summed E-state index contributed by atoms with van der Waals surface area (Å²) in [5.74, 6) is 0.0889. The van der Waals surface area contributed by atoms with E-state index >= 15 is 0 Å². The summed E-state index contributed by atoms with van der Waals surface area (Å²) in [6, 6.07) is 3.00. The Bertz CT molecular complexity index is 443. The molecule has 1 aliphatic rings. The van der Waals surface area contributed by atoms with Gasteiger partial charge in [-0.3, -0.25) is 0 Å². The van der Waals surface area contributed by atoms with Crippen molar-refractivity contribution in [3.05, 3.63) is 29.3 Å². The van der Waals surface area contributed by atoms with Crippen molar-refractivity contribution in [1.82, 2.24) is 0 Å². The zero-order chi connectivity index (χ0) is 14.0. The number of aryl methyl sites for hydroxylation is 1. The maximum atomic E-state index is 14.0. The van der Waals surface area contributed by atoms with E-state index in [-0.39, 0.29) is 11.7 Å². The fraction of sp³-hybridized carbons (Fsp3) is 0.625. The summed E-state index contributed by atoms with van der Waals surface area (Å²) in [4.78, 5) is 0. The Morgan fingerprint density at radius 1 is 1.16 bits per heavy atom. The van der Waals surface area contributed by atoms with Gasteiger partial charge in [0.2, 0.25) is 0 Å². The van der Waals surface area contributed by atoms with Crippen molar-refractivity contribution < 1.29 is 8.78 Å². The number of hydrogen-bond donors (Lipinski definition) is 1. The van der Waals surface area contributed by atoms with Crippen molar-refractivity contribution in [3.8, 4) is 0 Å². The van der Waals surface area contributed by atoms with Crippen LogP contribution in [0.1, 0.15) is 45.1 Å². The smallest absolute Gasteiger partial charge is 0.152 e. The van der Waals surface area contributed by atoms with Gasteiger partial charge < -0.3 is 5.32 Å². The van der Waals surface area contributed by atoms with Crippen molar-refractivity contribution in [1.29, 1.82) is 0 Å². The van der Waals surface area contributed by atoms with E-state index in [1.54, 1.807) is 6.92 Å². The molecule has 0 aliphatic heterocycles. The van der Waals surface area contributed by atoms with Crippen molar-refractivity contribution in [3.63, 3.8) is 0 Å². The van der Waals surface area contributed by atoms with E-state index in [0.29, 0.717) is 17.4 Å². The fourth-order valence-corrected chi connectivity index (χ4v) is 3.11. The first kappa shape index (κ1) is 14.3. The van der Waals surface area contributed by atoms with Gasteiger partial charge in [0.25, 0.3) is 0 Å². The molecule has 1 N–H and O–H groups in total. The van der Waals surface area contributed by atoms with Crippen molar-refractivity contribution in [2.75, 3.05) is 5.32 Å². The normalized spacial score (nSPS) is 23.7. The molecule has 0 heterocycles. The molecule has 2 unspecified atom stereocenters. The lowest BCUT2D eigenvalue weighted by molar-refractivity contribution is 0.253. The van der Waals surface area contributed by atoms with E-state index < -0.39 is 11.6 Å². The van der Waals surface area contributed by atoms with E-state index in [1.165, 1.54) is 18.6 Å². The zero-order valence-electron chi connectivity index (χ0n) is 12.0. The maximum absolute atomic E-state index is 14.0. The second-order valence-electron chi connectivity index (χ2n) is 6.00. The molecule has 1 aromatic carbocycles. The number of rotatable bonds is 3. The highest BCUT2D eigenvalue weighted by Crippen LogP contribution is 2.33. The number of hydrogen-bond acceptors (Lipinski definition) is 1. The lowest BCUT2D eigenvalue weighted by Crippen LogP contribution is -2.35. The molecule has 1 nitrogen and oxygen atoms in total. The Hall–Kier alpha value is -1.12. The van der Waals surface area contributed by atoms with Crippen LogP contribution in [0, 0.1) is 30.4 Å². The molecule has 3 heteroatoms. The Balaban J connectivity index is 2.22. The lowest BCUT2D eigenvalue weighted by Gasteiger charge is -2.35. The van der Waals surface area contributed by atoms with Gasteiger partial charge in [-0.2, -0.15) is 0 Å². The molecule has 0 amide bonds. The Kier molecular flexibility index (Phi) is 4.43. The maximum Gasteiger partial charge on any atom is 0.152 e. The van der Waals surface area contributed by atoms with Gasteiger partial charge in [0, 0.05) is 6.04 Å². The minimum absolute atomic E-state index is 0.0533. The van der Waals surface area contributed by atoms with E-state index in [0.717, 1.165) is 19.3 Å². The van der Waals surface area contributed by atoms with Gasteiger partial charge in [0.1, 0.15) is 11.5 Å². The molecule has 1 aromatic rings. The SMILES string of the molecule is Cc1ccc(F)c(NC2CCCCC2C(C)C)c1F. The zero-order valence-corrected chi connectivity index (χ0v) is 12.0. The number of benzene rings is 1. The van der Waals surface area contributed by atoms with Crippen molar-refractivity contribution in [2.24, 2.45) is 11.8 Å². The molecule has 19 heavy (non-hydrogen) atoms. The van der Waals surface area contributed by atoms with Gasteiger partial charge in [-0.05, 0) is 43.2 Å². The molecular formula is C16H23F2N. The molecule has 1 aliphatic carbocycles. The monoisotopic (exact) mass is 267 g/mol. The van der Waals surface area contributed by atoms with Crippen LogP contribution in [0.25, 0.3) is 0 Å². The minimum Gasteiger partial charge on any atom is -0.377 e. The topological polar surface area (TPSA) is 12.0 Å². The molecule has 2 rings (SSSR count). The van der Waals surface area contributed by atoms with E-state index in [2.05, 4.69) is 19.2 Å². The number of anilines is 1. The average molecular weight is 267 g/mol. The molecule has 0 aromatic heterocycles. The van der Waals surface area contributed by atoms with Crippen LogP contribution in [0.15, 0.2) is 12.1 Å². The third kappa shape index (κ3) is 3.07. The molecular weight excluding hydrogens is 244 g/mol. The molecule has 0 spiro atoms. The van der Waals surface area contributed by atoms with Crippen LogP contribution in [-0.4, -0.2) is 6.04 Å². The van der Waals surface area contributed by atoms with Gasteiger partial charge in [-0.15, -0.1) is 0 Å². The van der Waals surface area contributed by atoms with Gasteiger partial charge in [0.15, 0.2) is 5.82 Å². The third-order valence-corrected chi connectivity index (χ3v) is 4.29. The Labute approximate surface area is 114 Å². The molecule has 1 saturated carbocycles.